The molecule has 1 fully saturated rings. The van der Waals surface area contributed by atoms with Crippen molar-refractivity contribution in [1.82, 2.24) is 20.0 Å². The van der Waals surface area contributed by atoms with Crippen LogP contribution >= 0.6 is 0 Å². The number of likely N-dealkylation sites (tertiary alicyclic amines) is 1. The fourth-order valence-corrected chi connectivity index (χ4v) is 3.21. The lowest BCUT2D eigenvalue weighted by molar-refractivity contribution is 0.192. The quantitative estimate of drug-likeness (QED) is 0.732. The zero-order valence-electron chi connectivity index (χ0n) is 13.7. The number of oxazole rings is 1. The van der Waals surface area contributed by atoms with Gasteiger partial charge in [-0.1, -0.05) is 23.4 Å². The Balaban J connectivity index is 1.43. The maximum atomic E-state index is 5.63. The summed E-state index contributed by atoms with van der Waals surface area (Å²) < 4.78 is 10.7. The van der Waals surface area contributed by atoms with Crippen molar-refractivity contribution in [3.05, 3.63) is 54.0 Å². The maximum absolute atomic E-state index is 5.63. The van der Waals surface area contributed by atoms with E-state index in [0.717, 1.165) is 49.6 Å². The Morgan fingerprint density at radius 1 is 1.21 bits per heavy atom. The molecule has 1 atom stereocenters. The molecule has 6 nitrogen and oxygen atoms in total. The molecule has 0 aliphatic carbocycles. The van der Waals surface area contributed by atoms with Crippen LogP contribution in [0.3, 0.4) is 0 Å². The van der Waals surface area contributed by atoms with E-state index >= 15 is 0 Å². The van der Waals surface area contributed by atoms with Crippen LogP contribution in [-0.4, -0.2) is 33.1 Å². The number of hydrogen-bond acceptors (Lipinski definition) is 6. The maximum Gasteiger partial charge on any atom is 0.226 e. The van der Waals surface area contributed by atoms with Crippen LogP contribution in [-0.2, 0) is 6.54 Å². The summed E-state index contributed by atoms with van der Waals surface area (Å²) in [5.41, 5.74) is 1.96. The van der Waals surface area contributed by atoms with Crippen molar-refractivity contribution in [2.75, 3.05) is 13.1 Å². The summed E-state index contributed by atoms with van der Waals surface area (Å²) in [6.45, 7) is 4.59. The molecular formula is C18H20N4O2. The number of rotatable bonds is 4. The van der Waals surface area contributed by atoms with E-state index in [0.29, 0.717) is 17.7 Å². The highest BCUT2D eigenvalue weighted by atomic mass is 16.5. The number of aromatic nitrogens is 3. The van der Waals surface area contributed by atoms with Crippen molar-refractivity contribution in [1.29, 1.82) is 0 Å². The molecule has 124 valence electrons. The number of aryl methyl sites for hydroxylation is 1. The van der Waals surface area contributed by atoms with Crippen LogP contribution in [0.1, 0.15) is 36.2 Å². The Morgan fingerprint density at radius 3 is 2.88 bits per heavy atom. The van der Waals surface area contributed by atoms with E-state index in [1.165, 1.54) is 0 Å². The van der Waals surface area contributed by atoms with Crippen molar-refractivity contribution in [2.45, 2.75) is 32.2 Å². The lowest BCUT2D eigenvalue weighted by Gasteiger charge is -2.30. The van der Waals surface area contributed by atoms with Crippen LogP contribution in [0.15, 0.2) is 45.5 Å². The highest BCUT2D eigenvalue weighted by Crippen LogP contribution is 2.26. The SMILES string of the molecule is Cc1nc(C2CCCN(Cc3coc(-c4ccccc4)n3)C2)no1. The third-order valence-electron chi connectivity index (χ3n) is 4.37. The second kappa shape index (κ2) is 6.57. The number of nitrogens with zero attached hydrogens (tertiary/aromatic N) is 4. The molecular weight excluding hydrogens is 304 g/mol. The Labute approximate surface area is 140 Å². The fraction of sp³-hybridized carbons (Fsp3) is 0.389. The molecule has 0 amide bonds. The van der Waals surface area contributed by atoms with Gasteiger partial charge in [-0.3, -0.25) is 4.90 Å². The van der Waals surface area contributed by atoms with Crippen LogP contribution in [0.2, 0.25) is 0 Å². The zero-order chi connectivity index (χ0) is 16.4. The molecule has 0 radical (unpaired) electrons. The molecule has 3 heterocycles. The molecule has 0 bridgehead atoms. The van der Waals surface area contributed by atoms with Gasteiger partial charge in [0.1, 0.15) is 6.26 Å². The summed E-state index contributed by atoms with van der Waals surface area (Å²) in [6.07, 6.45) is 3.98. The van der Waals surface area contributed by atoms with Crippen molar-refractivity contribution < 1.29 is 8.94 Å². The van der Waals surface area contributed by atoms with Crippen molar-refractivity contribution in [2.24, 2.45) is 0 Å². The van der Waals surface area contributed by atoms with Gasteiger partial charge in [-0.05, 0) is 31.5 Å². The largest absolute Gasteiger partial charge is 0.444 e. The van der Waals surface area contributed by atoms with Crippen molar-refractivity contribution >= 4 is 0 Å². The Hall–Kier alpha value is -2.47. The first kappa shape index (κ1) is 15.1. The Morgan fingerprint density at radius 2 is 2.08 bits per heavy atom. The van der Waals surface area contributed by atoms with Crippen LogP contribution in [0, 0.1) is 6.92 Å². The summed E-state index contributed by atoms with van der Waals surface area (Å²) in [6, 6.07) is 9.97. The first-order chi connectivity index (χ1) is 11.8. The highest BCUT2D eigenvalue weighted by molar-refractivity contribution is 5.52. The Kier molecular flexibility index (Phi) is 4.13. The van der Waals surface area contributed by atoms with Crippen LogP contribution < -0.4 is 0 Å². The fourth-order valence-electron chi connectivity index (χ4n) is 3.21. The topological polar surface area (TPSA) is 68.2 Å². The molecule has 0 spiro atoms. The number of piperidine rings is 1. The lowest BCUT2D eigenvalue weighted by Crippen LogP contribution is -2.34. The molecule has 1 aliphatic rings. The minimum Gasteiger partial charge on any atom is -0.444 e. The third-order valence-corrected chi connectivity index (χ3v) is 4.37. The molecule has 1 aliphatic heterocycles. The third kappa shape index (κ3) is 3.23. The molecule has 1 saturated heterocycles. The van der Waals surface area contributed by atoms with Crippen LogP contribution in [0.5, 0.6) is 0 Å². The van der Waals surface area contributed by atoms with Gasteiger partial charge in [0.25, 0.3) is 0 Å². The van der Waals surface area contributed by atoms with E-state index in [-0.39, 0.29) is 0 Å². The van der Waals surface area contributed by atoms with Gasteiger partial charge in [-0.15, -0.1) is 0 Å². The normalized spacial score (nSPS) is 18.8. The molecule has 1 unspecified atom stereocenters. The first-order valence-corrected chi connectivity index (χ1v) is 8.30. The minimum absolute atomic E-state index is 0.330. The molecule has 6 heteroatoms. The van der Waals surface area contributed by atoms with E-state index in [2.05, 4.69) is 20.0 Å². The second-order valence-corrected chi connectivity index (χ2v) is 6.26. The summed E-state index contributed by atoms with van der Waals surface area (Å²) in [5.74, 6) is 2.46. The molecule has 4 rings (SSSR count). The first-order valence-electron chi connectivity index (χ1n) is 8.30. The smallest absolute Gasteiger partial charge is 0.226 e. The van der Waals surface area contributed by atoms with E-state index in [1.807, 2.05) is 37.3 Å². The van der Waals surface area contributed by atoms with E-state index in [1.54, 1.807) is 6.26 Å². The monoisotopic (exact) mass is 324 g/mol. The van der Waals surface area contributed by atoms with Gasteiger partial charge in [0.15, 0.2) is 5.82 Å². The van der Waals surface area contributed by atoms with Gasteiger partial charge in [-0.25, -0.2) is 4.98 Å². The molecule has 0 N–H and O–H groups in total. The van der Waals surface area contributed by atoms with Crippen molar-refractivity contribution in [3.63, 3.8) is 0 Å². The Bertz CT molecular complexity index is 796. The highest BCUT2D eigenvalue weighted by Gasteiger charge is 2.25. The van der Waals surface area contributed by atoms with Crippen molar-refractivity contribution in [3.8, 4) is 11.5 Å². The molecule has 1 aromatic carbocycles. The van der Waals surface area contributed by atoms with E-state index < -0.39 is 0 Å². The molecule has 0 saturated carbocycles. The predicted molar refractivity (Wildman–Crippen MR) is 88.2 cm³/mol. The van der Waals surface area contributed by atoms with Gasteiger partial charge in [0, 0.05) is 31.5 Å². The molecule has 3 aromatic rings. The van der Waals surface area contributed by atoms with Crippen LogP contribution in [0.4, 0.5) is 0 Å². The van der Waals surface area contributed by atoms with E-state index in [9.17, 15) is 0 Å². The average molecular weight is 324 g/mol. The van der Waals surface area contributed by atoms with Gasteiger partial charge in [-0.2, -0.15) is 4.98 Å². The summed E-state index contributed by atoms with van der Waals surface area (Å²) in [5, 5.41) is 4.08. The van der Waals surface area contributed by atoms with Gasteiger partial charge in [0.2, 0.25) is 11.8 Å². The predicted octanol–water partition coefficient (Wildman–Crippen LogP) is 3.41. The minimum atomic E-state index is 0.330. The number of hydrogen-bond donors (Lipinski definition) is 0. The summed E-state index contributed by atoms with van der Waals surface area (Å²) in [4.78, 5) is 11.4. The van der Waals surface area contributed by atoms with E-state index in [4.69, 9.17) is 8.94 Å². The molecule has 24 heavy (non-hydrogen) atoms. The summed E-state index contributed by atoms with van der Waals surface area (Å²) in [7, 11) is 0. The summed E-state index contributed by atoms with van der Waals surface area (Å²) >= 11 is 0. The number of benzene rings is 1. The second-order valence-electron chi connectivity index (χ2n) is 6.26. The lowest BCUT2D eigenvalue weighted by atomic mass is 9.97. The zero-order valence-corrected chi connectivity index (χ0v) is 13.7. The van der Waals surface area contributed by atoms with Gasteiger partial charge < -0.3 is 8.94 Å². The molecule has 2 aromatic heterocycles. The average Bonchev–Trinajstić information content (AvgIpc) is 3.25. The van der Waals surface area contributed by atoms with Crippen LogP contribution in [0.25, 0.3) is 11.5 Å². The standard InChI is InChI=1S/C18H20N4O2/c1-13-19-17(21-24-13)15-8-5-9-22(10-15)11-16-12-23-18(20-16)14-6-3-2-4-7-14/h2-4,6-7,12,15H,5,8-11H2,1H3. The van der Waals surface area contributed by atoms with Gasteiger partial charge >= 0.3 is 0 Å². The van der Waals surface area contributed by atoms with Gasteiger partial charge in [0.05, 0.1) is 5.69 Å².